The number of nitrogens with one attached hydrogen (secondary N) is 3. The zero-order valence-electron chi connectivity index (χ0n) is 33.7. The summed E-state index contributed by atoms with van der Waals surface area (Å²) in [5.41, 5.74) is 0.310. The molecule has 0 bridgehead atoms. The first-order chi connectivity index (χ1) is 19.9. The molecule has 0 aliphatic heterocycles. The second kappa shape index (κ2) is 28.0. The average molecular weight is 623 g/mol. The molecule has 0 spiro atoms. The molecule has 0 aliphatic rings. The van der Waals surface area contributed by atoms with Gasteiger partial charge in [-0.2, -0.15) is 10.2 Å². The molecule has 3 aromatic rings. The summed E-state index contributed by atoms with van der Waals surface area (Å²) in [5.74, 6) is 6.24. The molecule has 0 fully saturated rings. The van der Waals surface area contributed by atoms with E-state index < -0.39 is 0 Å². The summed E-state index contributed by atoms with van der Waals surface area (Å²) < 4.78 is 0. The van der Waals surface area contributed by atoms with Crippen molar-refractivity contribution in [2.45, 2.75) is 175 Å². The predicted octanol–water partition coefficient (Wildman–Crippen LogP) is 11.3. The highest BCUT2D eigenvalue weighted by Crippen LogP contribution is 2.17. The number of imidazole rings is 1. The fraction of sp³-hybridized carbons (Fsp3) is 0.806. The fourth-order valence-corrected chi connectivity index (χ4v) is 1.92. The van der Waals surface area contributed by atoms with E-state index in [1.54, 1.807) is 6.20 Å². The third kappa shape index (κ3) is 39.5. The monoisotopic (exact) mass is 623 g/mol. The van der Waals surface area contributed by atoms with E-state index in [4.69, 9.17) is 0 Å². The van der Waals surface area contributed by atoms with Crippen LogP contribution in [0.25, 0.3) is 0 Å². The highest BCUT2D eigenvalue weighted by atomic mass is 15.2. The van der Waals surface area contributed by atoms with Crippen molar-refractivity contribution in [3.8, 4) is 0 Å². The lowest BCUT2D eigenvalue weighted by atomic mass is 9.96. The van der Waals surface area contributed by atoms with Gasteiger partial charge in [0.1, 0.15) is 23.8 Å². The van der Waals surface area contributed by atoms with E-state index in [1.165, 1.54) is 6.33 Å². The van der Waals surface area contributed by atoms with Crippen molar-refractivity contribution in [2.24, 2.45) is 17.8 Å². The summed E-state index contributed by atoms with van der Waals surface area (Å²) in [7, 11) is 0. The summed E-state index contributed by atoms with van der Waals surface area (Å²) >= 11 is 0. The van der Waals surface area contributed by atoms with Crippen molar-refractivity contribution in [1.82, 2.24) is 40.3 Å². The van der Waals surface area contributed by atoms with Crippen molar-refractivity contribution in [3.05, 3.63) is 42.0 Å². The minimum absolute atomic E-state index is 0.0603. The Morgan fingerprint density at radius 1 is 0.568 bits per heavy atom. The van der Waals surface area contributed by atoms with Gasteiger partial charge < -0.3 is 4.98 Å². The summed E-state index contributed by atoms with van der Waals surface area (Å²) in [6.45, 7) is 48.3. The van der Waals surface area contributed by atoms with Crippen LogP contribution in [0.5, 0.6) is 0 Å². The Kier molecular flexibility index (Phi) is 32.5. The van der Waals surface area contributed by atoms with Crippen LogP contribution in [0.15, 0.2) is 18.7 Å². The Morgan fingerprint density at radius 3 is 1.09 bits per heavy atom. The van der Waals surface area contributed by atoms with Crippen LogP contribution in [0.2, 0.25) is 0 Å². The number of hydrogen-bond acceptors (Lipinski definition) is 5. The van der Waals surface area contributed by atoms with Crippen molar-refractivity contribution in [3.63, 3.8) is 0 Å². The molecule has 3 heterocycles. The van der Waals surface area contributed by atoms with Crippen molar-refractivity contribution in [2.75, 3.05) is 0 Å². The zero-order chi connectivity index (χ0) is 36.3. The van der Waals surface area contributed by atoms with Gasteiger partial charge in [-0.3, -0.25) is 10.2 Å². The first-order valence-electron chi connectivity index (χ1n) is 16.7. The molecule has 8 nitrogen and oxygen atoms in total. The Balaban J connectivity index is -0.000000141. The standard InChI is InChI=1S/C7H13N3.C7H12N2.C6H11N3.3C4H10.2C2H6/c1-5-8-6(10-9-5)7(2,3)4;1-7(2,3)6-8-4-5-9-6;1-6(2,3)5-7-4-8-9-5;3*1-4(2)3;2*1-2/h1-4H3,(H,8,9,10);4-5H,1-3H3,(H,8,9);4H,1-3H3,(H,7,8,9);3*4H,1-3H3;2*1-2H3. The van der Waals surface area contributed by atoms with Gasteiger partial charge in [0, 0.05) is 28.6 Å². The summed E-state index contributed by atoms with van der Waals surface area (Å²) in [6.07, 6.45) is 5.15. The number of aromatic nitrogens is 8. The molecule has 3 rings (SSSR count). The van der Waals surface area contributed by atoms with Crippen LogP contribution in [0.1, 0.15) is 176 Å². The first kappa shape index (κ1) is 51.1. The maximum absolute atomic E-state index is 4.22. The van der Waals surface area contributed by atoms with Crippen molar-refractivity contribution >= 4 is 0 Å². The largest absolute Gasteiger partial charge is 0.348 e. The molecule has 262 valence electrons. The number of nitrogens with zero attached hydrogens (tertiary/aromatic N) is 5. The molecular weight excluding hydrogens is 544 g/mol. The highest BCUT2D eigenvalue weighted by molar-refractivity contribution is 5.01. The Bertz CT molecular complexity index is 850. The highest BCUT2D eigenvalue weighted by Gasteiger charge is 2.18. The topological polar surface area (TPSA) is 112 Å². The third-order valence-electron chi connectivity index (χ3n) is 3.60. The third-order valence-corrected chi connectivity index (χ3v) is 3.60. The number of aryl methyl sites for hydroxylation is 1. The van der Waals surface area contributed by atoms with Crippen LogP contribution >= 0.6 is 0 Å². The molecule has 3 aromatic heterocycles. The second-order valence-electron chi connectivity index (χ2n) is 15.0. The van der Waals surface area contributed by atoms with Gasteiger partial charge in [0.15, 0.2) is 5.82 Å². The SMILES string of the molecule is CC.CC.CC(C)(C)c1ncc[nH]1.CC(C)(C)c1ncn[nH]1.CC(C)C.CC(C)C.CC(C)C.Cc1nc(C(C)(C)C)n[nH]1. The van der Waals surface area contributed by atoms with E-state index in [0.29, 0.717) is 0 Å². The number of rotatable bonds is 0. The molecule has 0 unspecified atom stereocenters. The maximum Gasteiger partial charge on any atom is 0.155 e. The smallest absolute Gasteiger partial charge is 0.155 e. The lowest BCUT2D eigenvalue weighted by molar-refractivity contribution is 0.548. The molecule has 0 amide bonds. The van der Waals surface area contributed by atoms with Crippen LogP contribution in [0, 0.1) is 24.7 Å². The number of H-pyrrole nitrogens is 3. The van der Waals surface area contributed by atoms with Gasteiger partial charge >= 0.3 is 0 Å². The van der Waals surface area contributed by atoms with Crippen LogP contribution in [-0.4, -0.2) is 40.3 Å². The van der Waals surface area contributed by atoms with Crippen LogP contribution < -0.4 is 0 Å². The van der Waals surface area contributed by atoms with Gasteiger partial charge in [-0.05, 0) is 24.7 Å². The van der Waals surface area contributed by atoms with Crippen molar-refractivity contribution < 1.29 is 0 Å². The Hall–Kier alpha value is -2.51. The molecule has 0 radical (unpaired) electrons. The quantitative estimate of drug-likeness (QED) is 0.231. The lowest BCUT2D eigenvalue weighted by Gasteiger charge is -2.13. The van der Waals surface area contributed by atoms with E-state index in [-0.39, 0.29) is 16.2 Å². The van der Waals surface area contributed by atoms with E-state index >= 15 is 0 Å². The summed E-state index contributed by atoms with van der Waals surface area (Å²) in [6, 6.07) is 0. The molecule has 3 N–H and O–H groups in total. The Morgan fingerprint density at radius 2 is 0.955 bits per heavy atom. The molecular formula is C36H78N8. The van der Waals surface area contributed by atoms with Crippen LogP contribution in [0.4, 0.5) is 0 Å². The molecule has 0 atom stereocenters. The zero-order valence-corrected chi connectivity index (χ0v) is 33.7. The maximum atomic E-state index is 4.22. The van der Waals surface area contributed by atoms with E-state index in [2.05, 4.69) is 165 Å². The fourth-order valence-electron chi connectivity index (χ4n) is 1.92. The van der Waals surface area contributed by atoms with Gasteiger partial charge in [0.25, 0.3) is 0 Å². The number of hydrogen-bond donors (Lipinski definition) is 3. The molecule has 44 heavy (non-hydrogen) atoms. The Labute approximate surface area is 275 Å². The minimum atomic E-state index is 0.0603. The minimum Gasteiger partial charge on any atom is -0.348 e. The van der Waals surface area contributed by atoms with Gasteiger partial charge in [0.2, 0.25) is 0 Å². The molecule has 8 heteroatoms. The second-order valence-corrected chi connectivity index (χ2v) is 15.0. The summed E-state index contributed by atoms with van der Waals surface area (Å²) in [4.78, 5) is 15.4. The van der Waals surface area contributed by atoms with Gasteiger partial charge in [-0.25, -0.2) is 15.0 Å². The number of aromatic amines is 3. The molecule has 0 aromatic carbocycles. The first-order valence-corrected chi connectivity index (χ1v) is 16.7. The van der Waals surface area contributed by atoms with Gasteiger partial charge in [0.05, 0.1) is 0 Å². The molecule has 0 saturated carbocycles. The summed E-state index contributed by atoms with van der Waals surface area (Å²) in [5, 5.41) is 13.4. The van der Waals surface area contributed by atoms with Crippen LogP contribution in [0.3, 0.4) is 0 Å². The van der Waals surface area contributed by atoms with Crippen LogP contribution in [-0.2, 0) is 16.2 Å². The average Bonchev–Trinajstić information content (AvgIpc) is 3.62. The van der Waals surface area contributed by atoms with Gasteiger partial charge in [-0.15, -0.1) is 0 Å². The normalized spacial score (nSPS) is 10.3. The van der Waals surface area contributed by atoms with E-state index in [0.717, 1.165) is 41.1 Å². The van der Waals surface area contributed by atoms with Crippen molar-refractivity contribution in [1.29, 1.82) is 0 Å². The van der Waals surface area contributed by atoms with E-state index in [1.807, 2.05) is 40.8 Å². The predicted molar refractivity (Wildman–Crippen MR) is 196 cm³/mol. The lowest BCUT2D eigenvalue weighted by Crippen LogP contribution is -2.13. The van der Waals surface area contributed by atoms with E-state index in [9.17, 15) is 0 Å². The van der Waals surface area contributed by atoms with Gasteiger partial charge in [-0.1, -0.05) is 152 Å². The molecule has 0 aliphatic carbocycles. The molecule has 0 saturated heterocycles.